The summed E-state index contributed by atoms with van der Waals surface area (Å²) in [6.45, 7) is 0.0545. The van der Waals surface area contributed by atoms with Crippen LogP contribution in [0, 0.1) is 0 Å². The number of fused-ring (bicyclic) bond motifs is 1. The lowest BCUT2D eigenvalue weighted by atomic mass is 10.1. The minimum Gasteiger partial charge on any atom is -0.497 e. The molecule has 1 N–H and O–H groups in total. The summed E-state index contributed by atoms with van der Waals surface area (Å²) in [5.41, 5.74) is 1.87. The summed E-state index contributed by atoms with van der Waals surface area (Å²) in [5, 5.41) is 9.56. The van der Waals surface area contributed by atoms with Crippen LogP contribution in [0.3, 0.4) is 0 Å². The maximum absolute atomic E-state index is 12.7. The highest BCUT2D eigenvalue weighted by atomic mass is 16.6. The molecule has 0 fully saturated rings. The number of hydrogen-bond acceptors (Lipinski definition) is 5. The first-order valence-electron chi connectivity index (χ1n) is 8.02. The fraction of sp³-hybridized carbons (Fsp3) is 0.263. The Bertz CT molecular complexity index is 820. The SMILES string of the molecule is COc1cc(OC)c2c(c1)N(C(=O)OCc1ccccc1)C(C(=O)O)C2. The summed E-state index contributed by atoms with van der Waals surface area (Å²) < 4.78 is 15.9. The molecule has 1 atom stereocenters. The van der Waals surface area contributed by atoms with Gasteiger partial charge in [-0.25, -0.2) is 9.59 Å². The number of carbonyl (C=O) groups is 2. The predicted octanol–water partition coefficient (Wildman–Crippen LogP) is 2.86. The Morgan fingerprint density at radius 2 is 1.88 bits per heavy atom. The van der Waals surface area contributed by atoms with Gasteiger partial charge in [-0.15, -0.1) is 0 Å². The molecule has 1 aliphatic rings. The molecular weight excluding hydrogens is 338 g/mol. The van der Waals surface area contributed by atoms with Gasteiger partial charge in [0.25, 0.3) is 0 Å². The number of carboxylic acid groups (broad SMARTS) is 1. The van der Waals surface area contributed by atoms with Crippen molar-refractivity contribution >= 4 is 17.7 Å². The van der Waals surface area contributed by atoms with Crippen molar-refractivity contribution in [3.05, 3.63) is 53.6 Å². The lowest BCUT2D eigenvalue weighted by Gasteiger charge is -2.22. The van der Waals surface area contributed by atoms with E-state index in [9.17, 15) is 14.7 Å². The van der Waals surface area contributed by atoms with Gasteiger partial charge in [-0.2, -0.15) is 0 Å². The number of carbonyl (C=O) groups excluding carboxylic acids is 1. The van der Waals surface area contributed by atoms with Crippen LogP contribution in [-0.2, 0) is 22.6 Å². The van der Waals surface area contributed by atoms with Gasteiger partial charge in [-0.3, -0.25) is 4.90 Å². The molecule has 0 radical (unpaired) electrons. The fourth-order valence-corrected chi connectivity index (χ4v) is 2.99. The molecule has 136 valence electrons. The zero-order chi connectivity index (χ0) is 18.7. The average Bonchev–Trinajstić information content (AvgIpc) is 3.06. The number of nitrogens with zero attached hydrogens (tertiary/aromatic N) is 1. The lowest BCUT2D eigenvalue weighted by molar-refractivity contribution is -0.138. The van der Waals surface area contributed by atoms with Crippen molar-refractivity contribution in [2.24, 2.45) is 0 Å². The average molecular weight is 357 g/mol. The first kappa shape index (κ1) is 17.6. The summed E-state index contributed by atoms with van der Waals surface area (Å²) in [6, 6.07) is 11.4. The van der Waals surface area contributed by atoms with Crippen LogP contribution in [0.15, 0.2) is 42.5 Å². The minimum atomic E-state index is -1.11. The Kier molecular flexibility index (Phi) is 4.97. The molecule has 0 aliphatic carbocycles. The predicted molar refractivity (Wildman–Crippen MR) is 93.8 cm³/mol. The molecule has 2 aromatic carbocycles. The number of aliphatic carboxylic acids is 1. The van der Waals surface area contributed by atoms with Crippen molar-refractivity contribution in [1.82, 2.24) is 0 Å². The number of benzene rings is 2. The van der Waals surface area contributed by atoms with Crippen LogP contribution < -0.4 is 14.4 Å². The third kappa shape index (κ3) is 3.28. The highest BCUT2D eigenvalue weighted by Crippen LogP contribution is 2.42. The molecule has 0 aromatic heterocycles. The third-order valence-electron chi connectivity index (χ3n) is 4.27. The molecule has 3 rings (SSSR count). The smallest absolute Gasteiger partial charge is 0.415 e. The third-order valence-corrected chi connectivity index (χ3v) is 4.27. The maximum atomic E-state index is 12.7. The molecule has 0 bridgehead atoms. The van der Waals surface area contributed by atoms with E-state index in [0.29, 0.717) is 22.7 Å². The second-order valence-corrected chi connectivity index (χ2v) is 5.80. The van der Waals surface area contributed by atoms with E-state index in [1.165, 1.54) is 14.2 Å². The zero-order valence-corrected chi connectivity index (χ0v) is 14.5. The monoisotopic (exact) mass is 357 g/mol. The van der Waals surface area contributed by atoms with Crippen molar-refractivity contribution in [3.63, 3.8) is 0 Å². The zero-order valence-electron chi connectivity index (χ0n) is 14.5. The molecule has 7 heteroatoms. The quantitative estimate of drug-likeness (QED) is 0.886. The molecule has 1 heterocycles. The Morgan fingerprint density at radius 1 is 1.15 bits per heavy atom. The van der Waals surface area contributed by atoms with Gasteiger partial charge in [0.1, 0.15) is 24.1 Å². The van der Waals surface area contributed by atoms with Crippen molar-refractivity contribution in [2.45, 2.75) is 19.1 Å². The van der Waals surface area contributed by atoms with Gasteiger partial charge in [-0.05, 0) is 5.56 Å². The first-order chi connectivity index (χ1) is 12.5. The van der Waals surface area contributed by atoms with Crippen molar-refractivity contribution in [1.29, 1.82) is 0 Å². The molecule has 0 saturated heterocycles. The highest BCUT2D eigenvalue weighted by Gasteiger charge is 2.41. The van der Waals surface area contributed by atoms with Crippen LogP contribution in [0.25, 0.3) is 0 Å². The summed E-state index contributed by atoms with van der Waals surface area (Å²) in [7, 11) is 2.98. The number of carboxylic acids is 1. The van der Waals surface area contributed by atoms with Gasteiger partial charge < -0.3 is 19.3 Å². The molecule has 0 spiro atoms. The van der Waals surface area contributed by atoms with E-state index >= 15 is 0 Å². The fourth-order valence-electron chi connectivity index (χ4n) is 2.99. The number of hydrogen-bond donors (Lipinski definition) is 1. The van der Waals surface area contributed by atoms with E-state index in [4.69, 9.17) is 14.2 Å². The van der Waals surface area contributed by atoms with E-state index in [2.05, 4.69) is 0 Å². The van der Waals surface area contributed by atoms with Gasteiger partial charge in [0.2, 0.25) is 0 Å². The van der Waals surface area contributed by atoms with E-state index in [-0.39, 0.29) is 13.0 Å². The summed E-state index contributed by atoms with van der Waals surface area (Å²) in [4.78, 5) is 25.5. The van der Waals surface area contributed by atoms with Crippen LogP contribution in [-0.4, -0.2) is 37.4 Å². The number of anilines is 1. The van der Waals surface area contributed by atoms with E-state index < -0.39 is 18.1 Å². The number of methoxy groups -OCH3 is 2. The largest absolute Gasteiger partial charge is 0.497 e. The van der Waals surface area contributed by atoms with Gasteiger partial charge in [0, 0.05) is 24.1 Å². The number of amides is 1. The van der Waals surface area contributed by atoms with Crippen LogP contribution in [0.4, 0.5) is 10.5 Å². The second kappa shape index (κ2) is 7.35. The Balaban J connectivity index is 1.91. The van der Waals surface area contributed by atoms with Crippen molar-refractivity contribution in [2.75, 3.05) is 19.1 Å². The molecule has 1 unspecified atom stereocenters. The molecule has 1 amide bonds. The van der Waals surface area contributed by atoms with Gasteiger partial charge >= 0.3 is 12.1 Å². The second-order valence-electron chi connectivity index (χ2n) is 5.80. The highest BCUT2D eigenvalue weighted by molar-refractivity contribution is 5.99. The molecule has 26 heavy (non-hydrogen) atoms. The van der Waals surface area contributed by atoms with Gasteiger partial charge in [0.05, 0.1) is 19.9 Å². The number of ether oxygens (including phenoxy) is 3. The summed E-state index contributed by atoms with van der Waals surface area (Å²) in [5.74, 6) is -0.171. The van der Waals surface area contributed by atoms with Gasteiger partial charge in [0.15, 0.2) is 0 Å². The molecule has 7 nitrogen and oxygen atoms in total. The maximum Gasteiger partial charge on any atom is 0.415 e. The Labute approximate surface area is 150 Å². The number of rotatable bonds is 5. The van der Waals surface area contributed by atoms with Crippen molar-refractivity contribution < 1.29 is 28.9 Å². The van der Waals surface area contributed by atoms with Crippen LogP contribution >= 0.6 is 0 Å². The van der Waals surface area contributed by atoms with E-state index in [1.54, 1.807) is 12.1 Å². The van der Waals surface area contributed by atoms with E-state index in [0.717, 1.165) is 10.5 Å². The lowest BCUT2D eigenvalue weighted by Crippen LogP contribution is -2.43. The topological polar surface area (TPSA) is 85.3 Å². The minimum absolute atomic E-state index is 0.0545. The summed E-state index contributed by atoms with van der Waals surface area (Å²) >= 11 is 0. The standard InChI is InChI=1S/C19H19NO6/c1-24-13-8-15-14(17(9-13)25-2)10-16(18(21)22)20(15)19(23)26-11-12-6-4-3-5-7-12/h3-9,16H,10-11H2,1-2H3,(H,21,22). The van der Waals surface area contributed by atoms with Crippen molar-refractivity contribution in [3.8, 4) is 11.5 Å². The Morgan fingerprint density at radius 3 is 2.50 bits per heavy atom. The summed E-state index contributed by atoms with van der Waals surface area (Å²) in [6.07, 6.45) is -0.589. The van der Waals surface area contributed by atoms with Crippen LogP contribution in [0.5, 0.6) is 11.5 Å². The molecule has 2 aromatic rings. The first-order valence-corrected chi connectivity index (χ1v) is 8.02. The normalized spacial score (nSPS) is 15.3. The molecule has 0 saturated carbocycles. The van der Waals surface area contributed by atoms with Crippen LogP contribution in [0.2, 0.25) is 0 Å². The van der Waals surface area contributed by atoms with Crippen LogP contribution in [0.1, 0.15) is 11.1 Å². The Hall–Kier alpha value is -3.22. The van der Waals surface area contributed by atoms with E-state index in [1.807, 2.05) is 30.3 Å². The molecular formula is C19H19NO6. The molecule has 1 aliphatic heterocycles. The van der Waals surface area contributed by atoms with Gasteiger partial charge in [-0.1, -0.05) is 30.3 Å².